The molecule has 0 radical (unpaired) electrons. The molecule has 0 saturated carbocycles. The number of rotatable bonds is 5. The van der Waals surface area contributed by atoms with Crippen LogP contribution in [0.1, 0.15) is 25.5 Å². The highest BCUT2D eigenvalue weighted by molar-refractivity contribution is 8.00. The van der Waals surface area contributed by atoms with Crippen LogP contribution < -0.4 is 11.1 Å². The average Bonchev–Trinajstić information content (AvgIpc) is 2.88. The van der Waals surface area contributed by atoms with Gasteiger partial charge in [0.2, 0.25) is 5.91 Å². The summed E-state index contributed by atoms with van der Waals surface area (Å²) in [7, 11) is 0. The highest BCUT2D eigenvalue weighted by Crippen LogP contribution is 2.22. The Hall–Kier alpha value is -1.95. The number of hydrogen-bond donors (Lipinski definition) is 2. The SMILES string of the molecule is Cc1cc(SCC(=O)Nc2ccnn2C(C)C)ccc1N. The van der Waals surface area contributed by atoms with Crippen molar-refractivity contribution in [1.82, 2.24) is 9.78 Å². The maximum Gasteiger partial charge on any atom is 0.235 e. The molecule has 2 aromatic rings. The zero-order valence-corrected chi connectivity index (χ0v) is 13.3. The molecule has 6 heteroatoms. The topological polar surface area (TPSA) is 72.9 Å². The first kappa shape index (κ1) is 15.4. The minimum Gasteiger partial charge on any atom is -0.399 e. The zero-order valence-electron chi connectivity index (χ0n) is 12.5. The summed E-state index contributed by atoms with van der Waals surface area (Å²) in [6.07, 6.45) is 1.69. The van der Waals surface area contributed by atoms with Crippen LogP contribution >= 0.6 is 11.8 Å². The lowest BCUT2D eigenvalue weighted by Crippen LogP contribution is -2.18. The van der Waals surface area contributed by atoms with Gasteiger partial charge in [0.1, 0.15) is 5.82 Å². The van der Waals surface area contributed by atoms with E-state index in [0.29, 0.717) is 5.75 Å². The predicted molar refractivity (Wildman–Crippen MR) is 87.6 cm³/mol. The van der Waals surface area contributed by atoms with Gasteiger partial charge in [-0.15, -0.1) is 11.8 Å². The van der Waals surface area contributed by atoms with E-state index in [1.807, 2.05) is 39.0 Å². The molecule has 112 valence electrons. The second-order valence-corrected chi connectivity index (χ2v) is 6.16. The summed E-state index contributed by atoms with van der Waals surface area (Å²) in [5.41, 5.74) is 7.58. The van der Waals surface area contributed by atoms with Crippen molar-refractivity contribution < 1.29 is 4.79 Å². The molecule has 0 saturated heterocycles. The molecule has 1 heterocycles. The second-order valence-electron chi connectivity index (χ2n) is 5.11. The molecule has 21 heavy (non-hydrogen) atoms. The molecule has 2 rings (SSSR count). The van der Waals surface area contributed by atoms with Crippen LogP contribution in [0, 0.1) is 6.92 Å². The Morgan fingerprint density at radius 3 is 2.86 bits per heavy atom. The van der Waals surface area contributed by atoms with Crippen LogP contribution in [0.25, 0.3) is 0 Å². The number of thioether (sulfide) groups is 1. The lowest BCUT2D eigenvalue weighted by atomic mass is 10.2. The molecular formula is C15H20N4OS. The molecule has 1 aromatic carbocycles. The van der Waals surface area contributed by atoms with Gasteiger partial charge < -0.3 is 11.1 Å². The minimum absolute atomic E-state index is 0.0446. The first-order valence-electron chi connectivity index (χ1n) is 6.79. The van der Waals surface area contributed by atoms with Gasteiger partial charge in [0.05, 0.1) is 11.9 Å². The van der Waals surface area contributed by atoms with Crippen molar-refractivity contribution in [3.05, 3.63) is 36.0 Å². The molecule has 1 amide bonds. The van der Waals surface area contributed by atoms with E-state index < -0.39 is 0 Å². The number of benzene rings is 1. The highest BCUT2D eigenvalue weighted by atomic mass is 32.2. The fourth-order valence-electron chi connectivity index (χ4n) is 1.89. The number of carbonyl (C=O) groups excluding carboxylic acids is 1. The van der Waals surface area contributed by atoms with Crippen LogP contribution in [-0.4, -0.2) is 21.4 Å². The first-order chi connectivity index (χ1) is 9.97. The van der Waals surface area contributed by atoms with E-state index in [9.17, 15) is 4.79 Å². The quantitative estimate of drug-likeness (QED) is 0.657. The number of nitrogens with zero attached hydrogens (tertiary/aromatic N) is 2. The largest absolute Gasteiger partial charge is 0.399 e. The number of aromatic nitrogens is 2. The van der Waals surface area contributed by atoms with Crippen molar-refractivity contribution >= 4 is 29.2 Å². The van der Waals surface area contributed by atoms with E-state index in [-0.39, 0.29) is 11.9 Å². The van der Waals surface area contributed by atoms with Gasteiger partial charge in [0.15, 0.2) is 0 Å². The van der Waals surface area contributed by atoms with E-state index in [0.717, 1.165) is 22.0 Å². The lowest BCUT2D eigenvalue weighted by molar-refractivity contribution is -0.113. The molecule has 0 spiro atoms. The molecule has 0 aliphatic rings. The third-order valence-corrected chi connectivity index (χ3v) is 4.03. The Morgan fingerprint density at radius 2 is 2.19 bits per heavy atom. The molecular weight excluding hydrogens is 284 g/mol. The maximum atomic E-state index is 12.0. The Labute approximate surface area is 128 Å². The van der Waals surface area contributed by atoms with Crippen LogP contribution in [0.3, 0.4) is 0 Å². The third-order valence-electron chi connectivity index (χ3n) is 3.04. The summed E-state index contributed by atoms with van der Waals surface area (Å²) in [6.45, 7) is 6.00. The zero-order chi connectivity index (χ0) is 15.4. The molecule has 0 bridgehead atoms. The van der Waals surface area contributed by atoms with Crippen LogP contribution in [0.5, 0.6) is 0 Å². The van der Waals surface area contributed by atoms with Crippen molar-refractivity contribution in [3.8, 4) is 0 Å². The van der Waals surface area contributed by atoms with Gasteiger partial charge in [-0.2, -0.15) is 5.10 Å². The van der Waals surface area contributed by atoms with Crippen molar-refractivity contribution in [2.24, 2.45) is 0 Å². The van der Waals surface area contributed by atoms with Crippen molar-refractivity contribution in [2.45, 2.75) is 31.7 Å². The molecule has 0 fully saturated rings. The highest BCUT2D eigenvalue weighted by Gasteiger charge is 2.10. The molecule has 3 N–H and O–H groups in total. The molecule has 5 nitrogen and oxygen atoms in total. The van der Waals surface area contributed by atoms with Gasteiger partial charge in [0, 0.05) is 22.7 Å². The number of nitrogens with two attached hydrogens (primary N) is 1. The Kier molecular flexibility index (Phi) is 4.90. The number of hydrogen-bond acceptors (Lipinski definition) is 4. The Morgan fingerprint density at radius 1 is 1.43 bits per heavy atom. The number of aryl methyl sites for hydroxylation is 1. The smallest absolute Gasteiger partial charge is 0.235 e. The molecule has 1 aromatic heterocycles. The summed E-state index contributed by atoms with van der Waals surface area (Å²) in [6, 6.07) is 7.80. The molecule has 0 unspecified atom stereocenters. The van der Waals surface area contributed by atoms with Gasteiger partial charge in [-0.1, -0.05) is 0 Å². The second kappa shape index (κ2) is 6.67. The van der Waals surface area contributed by atoms with E-state index in [2.05, 4.69) is 10.4 Å². The van der Waals surface area contributed by atoms with Crippen LogP contribution in [0.4, 0.5) is 11.5 Å². The summed E-state index contributed by atoms with van der Waals surface area (Å²) in [5.74, 6) is 1.04. The average molecular weight is 304 g/mol. The van der Waals surface area contributed by atoms with E-state index in [4.69, 9.17) is 5.73 Å². The number of anilines is 2. The first-order valence-corrected chi connectivity index (χ1v) is 7.78. The summed E-state index contributed by atoms with van der Waals surface area (Å²) in [5, 5.41) is 7.07. The number of amides is 1. The number of nitrogen functional groups attached to an aromatic ring is 1. The van der Waals surface area contributed by atoms with E-state index >= 15 is 0 Å². The normalized spacial score (nSPS) is 10.9. The fourth-order valence-corrected chi connectivity index (χ4v) is 2.68. The van der Waals surface area contributed by atoms with Crippen molar-refractivity contribution in [1.29, 1.82) is 0 Å². The fraction of sp³-hybridized carbons (Fsp3) is 0.333. The van der Waals surface area contributed by atoms with Gasteiger partial charge in [-0.05, 0) is 44.5 Å². The van der Waals surface area contributed by atoms with Crippen molar-refractivity contribution in [2.75, 3.05) is 16.8 Å². The molecule has 0 aliphatic carbocycles. The van der Waals surface area contributed by atoms with Gasteiger partial charge in [-0.25, -0.2) is 4.68 Å². The third kappa shape index (κ3) is 4.01. The standard InChI is InChI=1S/C15H20N4OS/c1-10(2)19-14(6-7-17-19)18-15(20)9-21-12-4-5-13(16)11(3)8-12/h4-8,10H,9,16H2,1-3H3,(H,18,20). The molecule has 0 atom stereocenters. The summed E-state index contributed by atoms with van der Waals surface area (Å²) in [4.78, 5) is 13.0. The van der Waals surface area contributed by atoms with Crippen LogP contribution in [-0.2, 0) is 4.79 Å². The van der Waals surface area contributed by atoms with Crippen LogP contribution in [0.2, 0.25) is 0 Å². The summed E-state index contributed by atoms with van der Waals surface area (Å²) >= 11 is 1.49. The van der Waals surface area contributed by atoms with Crippen molar-refractivity contribution in [3.63, 3.8) is 0 Å². The number of nitrogens with one attached hydrogen (secondary N) is 1. The minimum atomic E-state index is -0.0446. The lowest BCUT2D eigenvalue weighted by Gasteiger charge is -2.11. The van der Waals surface area contributed by atoms with Gasteiger partial charge >= 0.3 is 0 Å². The summed E-state index contributed by atoms with van der Waals surface area (Å²) < 4.78 is 1.79. The predicted octanol–water partition coefficient (Wildman–Crippen LogP) is 3.09. The van der Waals surface area contributed by atoms with Crippen LogP contribution in [0.15, 0.2) is 35.4 Å². The van der Waals surface area contributed by atoms with Gasteiger partial charge in [-0.3, -0.25) is 4.79 Å². The maximum absolute atomic E-state index is 12.0. The van der Waals surface area contributed by atoms with Gasteiger partial charge in [0.25, 0.3) is 0 Å². The number of carbonyl (C=O) groups is 1. The Balaban J connectivity index is 1.93. The molecule has 0 aliphatic heterocycles. The van der Waals surface area contributed by atoms with E-state index in [1.165, 1.54) is 11.8 Å². The monoisotopic (exact) mass is 304 g/mol. The Bertz CT molecular complexity index is 636. The van der Waals surface area contributed by atoms with E-state index in [1.54, 1.807) is 16.9 Å².